The fourth-order valence-corrected chi connectivity index (χ4v) is 3.15. The number of benzene rings is 1. The summed E-state index contributed by atoms with van der Waals surface area (Å²) in [6.45, 7) is 1.67. The average molecular weight is 517 g/mol. The molecular weight excluding hydrogens is 487 g/mol. The van der Waals surface area contributed by atoms with Crippen molar-refractivity contribution in [2.75, 3.05) is 45.8 Å². The van der Waals surface area contributed by atoms with Gasteiger partial charge in [0, 0.05) is 32.4 Å². The molecule has 0 unspecified atom stereocenters. The van der Waals surface area contributed by atoms with Gasteiger partial charge in [0.05, 0.1) is 36.9 Å². The van der Waals surface area contributed by atoms with E-state index in [0.29, 0.717) is 34.4 Å². The van der Waals surface area contributed by atoms with E-state index in [4.69, 9.17) is 14.6 Å². The minimum absolute atomic E-state index is 0.0440. The Labute approximate surface area is 212 Å². The molecule has 0 radical (unpaired) electrons. The Balaban J connectivity index is 0.000000695. The summed E-state index contributed by atoms with van der Waals surface area (Å²) in [4.78, 5) is 38.6. The van der Waals surface area contributed by atoms with Crippen LogP contribution in [0.25, 0.3) is 22.6 Å². The van der Waals surface area contributed by atoms with Crippen LogP contribution < -0.4 is 5.32 Å². The summed E-state index contributed by atoms with van der Waals surface area (Å²) >= 11 is 0. The van der Waals surface area contributed by atoms with Crippen LogP contribution in [0.5, 0.6) is 0 Å². The molecule has 1 saturated heterocycles. The Bertz CT molecular complexity index is 1190. The highest BCUT2D eigenvalue weighted by Gasteiger charge is 2.41. The van der Waals surface area contributed by atoms with Crippen molar-refractivity contribution in [1.82, 2.24) is 24.8 Å². The largest absolute Gasteiger partial charge is 0.481 e. The van der Waals surface area contributed by atoms with Crippen molar-refractivity contribution in [2.45, 2.75) is 13.2 Å². The molecule has 37 heavy (non-hydrogen) atoms. The van der Waals surface area contributed by atoms with E-state index >= 15 is 0 Å². The first-order chi connectivity index (χ1) is 17.7. The molecule has 1 aliphatic heterocycles. The number of imidazole rings is 1. The number of hydrogen-bond donors (Lipinski definition) is 4. The first-order valence-corrected chi connectivity index (χ1v) is 11.3. The molecule has 0 bridgehead atoms. The lowest BCUT2D eigenvalue weighted by Crippen LogP contribution is -2.42. The molecular formula is C24H29FN6O6. The number of aliphatic hydroxyl groups is 1. The summed E-state index contributed by atoms with van der Waals surface area (Å²) in [7, 11) is 3.38. The lowest BCUT2D eigenvalue weighted by molar-refractivity contribution is -0.236. The maximum atomic E-state index is 13.5. The van der Waals surface area contributed by atoms with Crippen LogP contribution in [0.3, 0.4) is 0 Å². The van der Waals surface area contributed by atoms with Crippen LogP contribution in [0.1, 0.15) is 19.0 Å². The molecule has 198 valence electrons. The van der Waals surface area contributed by atoms with Gasteiger partial charge < -0.3 is 34.9 Å². The second-order valence-corrected chi connectivity index (χ2v) is 8.66. The first kappa shape index (κ1) is 27.6. The summed E-state index contributed by atoms with van der Waals surface area (Å²) in [6, 6.07) is 7.52. The van der Waals surface area contributed by atoms with Crippen molar-refractivity contribution in [3.63, 3.8) is 0 Å². The number of hydrogen-bond acceptors (Lipinski definition) is 9. The molecule has 0 atom stereocenters. The third-order valence-electron chi connectivity index (χ3n) is 5.20. The van der Waals surface area contributed by atoms with Crippen LogP contribution in [0.4, 0.5) is 10.3 Å². The number of carboxylic acids is 1. The van der Waals surface area contributed by atoms with E-state index < -0.39 is 17.7 Å². The minimum atomic E-state index is -1.15. The zero-order valence-electron chi connectivity index (χ0n) is 20.6. The molecule has 1 aromatic carbocycles. The van der Waals surface area contributed by atoms with Gasteiger partial charge in [0.2, 0.25) is 18.6 Å². The van der Waals surface area contributed by atoms with Crippen molar-refractivity contribution >= 4 is 18.3 Å². The lowest BCUT2D eigenvalue weighted by atomic mass is 9.92. The number of carbonyl (C=O) groups excluding carboxylic acids is 1. The fourth-order valence-electron chi connectivity index (χ4n) is 3.15. The highest BCUT2D eigenvalue weighted by Crippen LogP contribution is 2.35. The molecule has 13 heteroatoms. The van der Waals surface area contributed by atoms with Gasteiger partial charge in [-0.05, 0) is 37.3 Å². The zero-order valence-corrected chi connectivity index (χ0v) is 20.6. The molecule has 0 saturated carbocycles. The van der Waals surface area contributed by atoms with Crippen LogP contribution in [0.2, 0.25) is 0 Å². The van der Waals surface area contributed by atoms with Crippen molar-refractivity contribution in [3.05, 3.63) is 48.2 Å². The van der Waals surface area contributed by atoms with Crippen LogP contribution in [-0.2, 0) is 19.1 Å². The van der Waals surface area contributed by atoms with E-state index in [1.807, 2.05) is 0 Å². The van der Waals surface area contributed by atoms with Crippen molar-refractivity contribution < 1.29 is 33.7 Å². The Hall–Kier alpha value is -3.94. The van der Waals surface area contributed by atoms with Gasteiger partial charge in [0.15, 0.2) is 5.82 Å². The number of aliphatic carboxylic acids is 1. The number of nitrogens with zero attached hydrogens (tertiary/aromatic N) is 4. The predicted octanol–water partition coefficient (Wildman–Crippen LogP) is 1.92. The molecule has 0 aliphatic carbocycles. The second-order valence-electron chi connectivity index (χ2n) is 8.66. The molecule has 0 spiro atoms. The van der Waals surface area contributed by atoms with Crippen molar-refractivity contribution in [3.8, 4) is 22.6 Å². The summed E-state index contributed by atoms with van der Waals surface area (Å²) in [5, 5.41) is 21.3. The Kier molecular flexibility index (Phi) is 9.22. The van der Waals surface area contributed by atoms with Gasteiger partial charge in [-0.25, -0.2) is 19.3 Å². The van der Waals surface area contributed by atoms with Gasteiger partial charge in [-0.1, -0.05) is 0 Å². The highest BCUT2D eigenvalue weighted by molar-refractivity contribution is 5.77. The number of halogens is 1. The van der Waals surface area contributed by atoms with Crippen molar-refractivity contribution in [1.29, 1.82) is 0 Å². The molecule has 1 amide bonds. The van der Waals surface area contributed by atoms with Crippen LogP contribution in [0, 0.1) is 11.2 Å². The van der Waals surface area contributed by atoms with E-state index in [-0.39, 0.29) is 32.2 Å². The van der Waals surface area contributed by atoms with E-state index in [2.05, 4.69) is 25.3 Å². The Morgan fingerprint density at radius 2 is 1.89 bits per heavy atom. The summed E-state index contributed by atoms with van der Waals surface area (Å²) in [6.07, 6.45) is 1.41. The van der Waals surface area contributed by atoms with Crippen molar-refractivity contribution in [2.24, 2.45) is 5.41 Å². The van der Waals surface area contributed by atoms with Gasteiger partial charge in [-0.3, -0.25) is 9.59 Å². The number of nitrogens with one attached hydrogen (secondary N) is 2. The third kappa shape index (κ3) is 7.06. The third-order valence-corrected chi connectivity index (χ3v) is 5.20. The number of aromatic amines is 1. The molecule has 4 N–H and O–H groups in total. The monoisotopic (exact) mass is 516 g/mol. The van der Waals surface area contributed by atoms with Gasteiger partial charge in [-0.15, -0.1) is 0 Å². The summed E-state index contributed by atoms with van der Waals surface area (Å²) < 4.78 is 24.8. The second kappa shape index (κ2) is 12.3. The molecule has 1 aliphatic rings. The summed E-state index contributed by atoms with van der Waals surface area (Å²) in [5.74, 6) is -0.738. The predicted molar refractivity (Wildman–Crippen MR) is 131 cm³/mol. The Morgan fingerprint density at radius 1 is 1.24 bits per heavy atom. The number of carbonyl (C=O) groups is 2. The van der Waals surface area contributed by atoms with Gasteiger partial charge in [0.25, 0.3) is 0 Å². The smallest absolute Gasteiger partial charge is 0.314 e. The lowest BCUT2D eigenvalue weighted by Gasteiger charge is -2.33. The zero-order chi connectivity index (χ0) is 27.0. The van der Waals surface area contributed by atoms with Crippen LogP contribution in [0.15, 0.2) is 36.5 Å². The van der Waals surface area contributed by atoms with E-state index in [1.54, 1.807) is 45.4 Å². The molecule has 2 aromatic heterocycles. The number of carboxylic acid groups (broad SMARTS) is 1. The van der Waals surface area contributed by atoms with E-state index in [1.165, 1.54) is 17.0 Å². The standard InChI is InChI=1S/C21H22FN5O5.C3H7NO/c1-21(19(29)30)10-31-18(32-11-21)17-26-15(12-2-4-13(22)5-3-12)16(27-17)14-6-7-23-20(25-14)24-8-9-28;1-4(2)3-5/h2-7,18,28H,8-11H2,1H3,(H,26,27)(H,29,30)(H,23,24,25);3H,1-2H3. The fraction of sp³-hybridized carbons (Fsp3) is 0.375. The van der Waals surface area contributed by atoms with Gasteiger partial charge in [0.1, 0.15) is 11.2 Å². The first-order valence-electron chi connectivity index (χ1n) is 11.3. The number of anilines is 1. The SMILES string of the molecule is CC1(C(=O)O)COC(c2nc(-c3ccc(F)cc3)c(-c3ccnc(NCCO)n3)[nH]2)OC1.CN(C)C=O. The molecule has 4 rings (SSSR count). The molecule has 1 fully saturated rings. The number of H-pyrrole nitrogens is 1. The van der Waals surface area contributed by atoms with Gasteiger partial charge in [-0.2, -0.15) is 0 Å². The molecule has 3 heterocycles. The number of aliphatic hydroxyl groups excluding tert-OH is 1. The van der Waals surface area contributed by atoms with E-state index in [9.17, 15) is 19.1 Å². The quantitative estimate of drug-likeness (QED) is 0.325. The number of rotatable bonds is 8. The Morgan fingerprint density at radius 3 is 2.46 bits per heavy atom. The topological polar surface area (TPSA) is 163 Å². The molecule has 12 nitrogen and oxygen atoms in total. The van der Waals surface area contributed by atoms with Crippen LogP contribution >= 0.6 is 0 Å². The minimum Gasteiger partial charge on any atom is -0.481 e. The number of amides is 1. The maximum absolute atomic E-state index is 13.5. The number of aromatic nitrogens is 4. The average Bonchev–Trinajstić information content (AvgIpc) is 3.34. The van der Waals surface area contributed by atoms with E-state index in [0.717, 1.165) is 6.41 Å². The van der Waals surface area contributed by atoms with Gasteiger partial charge >= 0.3 is 5.97 Å². The normalized spacial score (nSPS) is 18.9. The summed E-state index contributed by atoms with van der Waals surface area (Å²) in [5.41, 5.74) is 1.01. The van der Waals surface area contributed by atoms with Crippen LogP contribution in [-0.4, -0.2) is 87.9 Å². The highest BCUT2D eigenvalue weighted by atomic mass is 19.1. The molecule has 3 aromatic rings. The number of ether oxygens (including phenoxy) is 2. The maximum Gasteiger partial charge on any atom is 0.314 e.